The van der Waals surface area contributed by atoms with Crippen LogP contribution in [0.1, 0.15) is 30.4 Å². The van der Waals surface area contributed by atoms with E-state index >= 15 is 0 Å². The van der Waals surface area contributed by atoms with Crippen molar-refractivity contribution >= 4 is 17.7 Å². The van der Waals surface area contributed by atoms with E-state index in [-0.39, 0.29) is 5.91 Å². The summed E-state index contributed by atoms with van der Waals surface area (Å²) in [5.41, 5.74) is 2.07. The van der Waals surface area contributed by atoms with Gasteiger partial charge in [0.2, 0.25) is 11.9 Å². The van der Waals surface area contributed by atoms with Crippen LogP contribution in [0.2, 0.25) is 0 Å². The van der Waals surface area contributed by atoms with E-state index in [1.165, 1.54) is 0 Å². The number of nitrogens with one attached hydrogen (secondary N) is 1. The van der Waals surface area contributed by atoms with Gasteiger partial charge in [-0.25, -0.2) is 9.97 Å². The molecule has 0 aromatic carbocycles. The van der Waals surface area contributed by atoms with Crippen LogP contribution in [0.4, 0.5) is 11.8 Å². The number of hydrogen-bond acceptors (Lipinski definition) is 6. The van der Waals surface area contributed by atoms with Gasteiger partial charge in [0.1, 0.15) is 11.6 Å². The molecule has 0 atom stereocenters. The molecule has 0 aliphatic carbocycles. The zero-order valence-corrected chi connectivity index (χ0v) is 16.0. The second-order valence-corrected chi connectivity index (χ2v) is 6.83. The molecule has 0 radical (unpaired) electrons. The number of imidazole rings is 1. The molecule has 0 fully saturated rings. The molecule has 8 heteroatoms. The standard InChI is InChI=1S/C18H27N7O/c1-13-19-8-11-24(13)9-5-7-20-17-15-6-10-25(14(2)26)12-16(15)21-18(22-17)23(3)4/h8,11H,5-7,9-10,12H2,1-4H3,(H,20,21,22). The van der Waals surface area contributed by atoms with Gasteiger partial charge in [-0.1, -0.05) is 0 Å². The van der Waals surface area contributed by atoms with E-state index in [4.69, 9.17) is 0 Å². The topological polar surface area (TPSA) is 79.2 Å². The van der Waals surface area contributed by atoms with Gasteiger partial charge < -0.3 is 19.7 Å². The third-order valence-electron chi connectivity index (χ3n) is 4.69. The van der Waals surface area contributed by atoms with Crippen LogP contribution in [0.15, 0.2) is 12.4 Å². The van der Waals surface area contributed by atoms with Crippen LogP contribution in [0, 0.1) is 6.92 Å². The molecule has 140 valence electrons. The number of carbonyl (C=O) groups is 1. The molecule has 3 rings (SSSR count). The number of amides is 1. The van der Waals surface area contributed by atoms with Gasteiger partial charge in [0, 0.05) is 58.6 Å². The Balaban J connectivity index is 1.71. The molecule has 0 saturated heterocycles. The lowest BCUT2D eigenvalue weighted by molar-refractivity contribution is -0.129. The van der Waals surface area contributed by atoms with Crippen molar-refractivity contribution in [2.45, 2.75) is 39.8 Å². The van der Waals surface area contributed by atoms with E-state index in [2.05, 4.69) is 24.8 Å². The Bertz CT molecular complexity index is 784. The van der Waals surface area contributed by atoms with E-state index in [1.54, 1.807) is 6.92 Å². The second-order valence-electron chi connectivity index (χ2n) is 6.83. The minimum absolute atomic E-state index is 0.0888. The Morgan fingerprint density at radius 3 is 2.81 bits per heavy atom. The smallest absolute Gasteiger partial charge is 0.227 e. The molecule has 0 unspecified atom stereocenters. The molecular formula is C18H27N7O. The van der Waals surface area contributed by atoms with Crippen LogP contribution in [-0.4, -0.2) is 57.5 Å². The van der Waals surface area contributed by atoms with Crippen LogP contribution in [0.25, 0.3) is 0 Å². The van der Waals surface area contributed by atoms with Crippen LogP contribution < -0.4 is 10.2 Å². The third-order valence-corrected chi connectivity index (χ3v) is 4.69. The largest absolute Gasteiger partial charge is 0.370 e. The van der Waals surface area contributed by atoms with Crippen molar-refractivity contribution in [2.75, 3.05) is 37.4 Å². The molecule has 26 heavy (non-hydrogen) atoms. The summed E-state index contributed by atoms with van der Waals surface area (Å²) in [6.07, 6.45) is 5.59. The monoisotopic (exact) mass is 357 g/mol. The first-order valence-corrected chi connectivity index (χ1v) is 9.00. The predicted molar refractivity (Wildman–Crippen MR) is 101 cm³/mol. The first-order valence-electron chi connectivity index (χ1n) is 9.00. The average Bonchev–Trinajstić information content (AvgIpc) is 3.02. The zero-order valence-electron chi connectivity index (χ0n) is 16.0. The summed E-state index contributed by atoms with van der Waals surface area (Å²) in [5.74, 6) is 2.68. The summed E-state index contributed by atoms with van der Waals surface area (Å²) in [6, 6.07) is 0. The summed E-state index contributed by atoms with van der Waals surface area (Å²) in [7, 11) is 3.86. The third kappa shape index (κ3) is 3.95. The lowest BCUT2D eigenvalue weighted by Crippen LogP contribution is -2.36. The molecule has 8 nitrogen and oxygen atoms in total. The molecule has 0 spiro atoms. The van der Waals surface area contributed by atoms with Crippen molar-refractivity contribution in [1.82, 2.24) is 24.4 Å². The summed E-state index contributed by atoms with van der Waals surface area (Å²) in [4.78, 5) is 29.0. The average molecular weight is 357 g/mol. The minimum atomic E-state index is 0.0888. The van der Waals surface area contributed by atoms with Crippen molar-refractivity contribution in [3.05, 3.63) is 29.5 Å². The molecule has 0 saturated carbocycles. The fraction of sp³-hybridized carbons (Fsp3) is 0.556. The van der Waals surface area contributed by atoms with E-state index in [9.17, 15) is 4.79 Å². The highest BCUT2D eigenvalue weighted by atomic mass is 16.2. The number of hydrogen-bond donors (Lipinski definition) is 1. The Morgan fingerprint density at radius 2 is 2.15 bits per heavy atom. The van der Waals surface area contributed by atoms with E-state index in [0.29, 0.717) is 12.5 Å². The number of aromatic nitrogens is 4. The van der Waals surface area contributed by atoms with Crippen molar-refractivity contribution in [3.63, 3.8) is 0 Å². The summed E-state index contributed by atoms with van der Waals surface area (Å²) >= 11 is 0. The normalized spacial score (nSPS) is 13.5. The molecule has 1 aliphatic heterocycles. The van der Waals surface area contributed by atoms with Gasteiger partial charge in [0.15, 0.2) is 0 Å². The second kappa shape index (κ2) is 7.72. The van der Waals surface area contributed by atoms with Crippen molar-refractivity contribution in [2.24, 2.45) is 0 Å². The summed E-state index contributed by atoms with van der Waals surface area (Å²) in [5, 5.41) is 3.48. The maximum atomic E-state index is 11.7. The SMILES string of the molecule is CC(=O)N1CCc2c(nc(N(C)C)nc2NCCCn2ccnc2C)C1. The molecule has 1 aliphatic rings. The highest BCUT2D eigenvalue weighted by Gasteiger charge is 2.24. The minimum Gasteiger partial charge on any atom is -0.370 e. The Hall–Kier alpha value is -2.64. The first kappa shape index (κ1) is 18.2. The van der Waals surface area contributed by atoms with Gasteiger partial charge in [-0.2, -0.15) is 4.98 Å². The lowest BCUT2D eigenvalue weighted by atomic mass is 10.1. The maximum absolute atomic E-state index is 11.7. The highest BCUT2D eigenvalue weighted by Crippen LogP contribution is 2.25. The van der Waals surface area contributed by atoms with Gasteiger partial charge in [0.05, 0.1) is 12.2 Å². The van der Waals surface area contributed by atoms with Crippen LogP contribution in [-0.2, 0) is 24.3 Å². The van der Waals surface area contributed by atoms with Gasteiger partial charge in [-0.3, -0.25) is 4.79 Å². The first-order chi connectivity index (χ1) is 12.5. The Labute approximate surface area is 154 Å². The fourth-order valence-electron chi connectivity index (χ4n) is 3.13. The quantitative estimate of drug-likeness (QED) is 0.789. The molecule has 3 heterocycles. The van der Waals surface area contributed by atoms with Gasteiger partial charge in [-0.15, -0.1) is 0 Å². The molecular weight excluding hydrogens is 330 g/mol. The van der Waals surface area contributed by atoms with Crippen LogP contribution >= 0.6 is 0 Å². The zero-order chi connectivity index (χ0) is 18.7. The number of fused-ring (bicyclic) bond motifs is 1. The summed E-state index contributed by atoms with van der Waals surface area (Å²) in [6.45, 7) is 6.64. The molecule has 1 N–H and O–H groups in total. The van der Waals surface area contributed by atoms with Gasteiger partial charge in [0.25, 0.3) is 0 Å². The number of carbonyl (C=O) groups excluding carboxylic acids is 1. The molecule has 2 aromatic rings. The van der Waals surface area contributed by atoms with E-state index < -0.39 is 0 Å². The lowest BCUT2D eigenvalue weighted by Gasteiger charge is -2.29. The van der Waals surface area contributed by atoms with Crippen molar-refractivity contribution < 1.29 is 4.79 Å². The van der Waals surface area contributed by atoms with Crippen molar-refractivity contribution in [3.8, 4) is 0 Å². The van der Waals surface area contributed by atoms with E-state index in [1.807, 2.05) is 43.2 Å². The number of anilines is 2. The number of nitrogens with zero attached hydrogens (tertiary/aromatic N) is 6. The van der Waals surface area contributed by atoms with Gasteiger partial charge >= 0.3 is 0 Å². The Morgan fingerprint density at radius 1 is 1.35 bits per heavy atom. The summed E-state index contributed by atoms with van der Waals surface area (Å²) < 4.78 is 2.15. The van der Waals surface area contributed by atoms with Gasteiger partial charge in [-0.05, 0) is 19.8 Å². The molecule has 1 amide bonds. The van der Waals surface area contributed by atoms with E-state index in [0.717, 1.165) is 55.4 Å². The predicted octanol–water partition coefficient (Wildman–Crippen LogP) is 1.45. The fourth-order valence-corrected chi connectivity index (χ4v) is 3.13. The Kier molecular flexibility index (Phi) is 5.39. The van der Waals surface area contributed by atoms with Crippen LogP contribution in [0.3, 0.4) is 0 Å². The number of aryl methyl sites for hydroxylation is 2. The molecule has 0 bridgehead atoms. The molecule has 2 aromatic heterocycles. The van der Waals surface area contributed by atoms with Crippen molar-refractivity contribution in [1.29, 1.82) is 0 Å². The highest BCUT2D eigenvalue weighted by molar-refractivity contribution is 5.73. The number of rotatable bonds is 6. The van der Waals surface area contributed by atoms with Crippen LogP contribution in [0.5, 0.6) is 0 Å². The maximum Gasteiger partial charge on any atom is 0.227 e.